The predicted octanol–water partition coefficient (Wildman–Crippen LogP) is 3.72. The molecule has 0 N–H and O–H groups in total. The topological polar surface area (TPSA) is 43.4 Å². The van der Waals surface area contributed by atoms with E-state index < -0.39 is 0 Å². The zero-order valence-corrected chi connectivity index (χ0v) is 13.9. The van der Waals surface area contributed by atoms with Gasteiger partial charge in [-0.05, 0) is 30.4 Å². The Morgan fingerprint density at radius 3 is 2.71 bits per heavy atom. The van der Waals surface area contributed by atoms with Crippen LogP contribution in [-0.2, 0) is 13.2 Å². The standard InChI is InChI=1S/C18H17N3O2S/c24-18-21(19-17(23-18)14-6-2-1-3-7-14)13-20-10-11-22-16-9-5-4-8-15(16)12-20/h1-9H,10-13H2. The summed E-state index contributed by atoms with van der Waals surface area (Å²) < 4.78 is 13.2. The lowest BCUT2D eigenvalue weighted by Crippen LogP contribution is -2.28. The molecule has 1 aliphatic heterocycles. The first-order valence-corrected chi connectivity index (χ1v) is 8.27. The van der Waals surface area contributed by atoms with Gasteiger partial charge in [0.1, 0.15) is 12.4 Å². The highest BCUT2D eigenvalue weighted by Gasteiger charge is 2.17. The molecule has 3 aromatic rings. The minimum absolute atomic E-state index is 0.382. The van der Waals surface area contributed by atoms with Crippen LogP contribution in [0.3, 0.4) is 0 Å². The zero-order chi connectivity index (χ0) is 16.4. The highest BCUT2D eigenvalue weighted by Crippen LogP contribution is 2.23. The molecule has 6 heteroatoms. The molecular weight excluding hydrogens is 322 g/mol. The van der Waals surface area contributed by atoms with Gasteiger partial charge in [-0.1, -0.05) is 36.4 Å². The van der Waals surface area contributed by atoms with Crippen LogP contribution in [0.4, 0.5) is 0 Å². The van der Waals surface area contributed by atoms with Crippen LogP contribution in [-0.4, -0.2) is 27.8 Å². The van der Waals surface area contributed by atoms with Crippen molar-refractivity contribution in [3.8, 4) is 17.2 Å². The Bertz CT molecular complexity index is 889. The number of rotatable bonds is 3. The molecule has 5 nitrogen and oxygen atoms in total. The van der Waals surface area contributed by atoms with Gasteiger partial charge < -0.3 is 9.15 Å². The summed E-state index contributed by atoms with van der Waals surface area (Å²) in [5.74, 6) is 1.50. The Morgan fingerprint density at radius 1 is 1.04 bits per heavy atom. The van der Waals surface area contributed by atoms with Gasteiger partial charge in [-0.2, -0.15) is 0 Å². The van der Waals surface area contributed by atoms with E-state index in [2.05, 4.69) is 16.1 Å². The zero-order valence-electron chi connectivity index (χ0n) is 13.1. The van der Waals surface area contributed by atoms with Crippen LogP contribution in [0.25, 0.3) is 11.5 Å². The van der Waals surface area contributed by atoms with Crippen LogP contribution < -0.4 is 4.74 Å². The monoisotopic (exact) mass is 339 g/mol. The molecule has 1 aromatic heterocycles. The predicted molar refractivity (Wildman–Crippen MR) is 93.1 cm³/mol. The van der Waals surface area contributed by atoms with Gasteiger partial charge in [-0.25, -0.2) is 4.68 Å². The average molecular weight is 339 g/mol. The van der Waals surface area contributed by atoms with Gasteiger partial charge in [0.15, 0.2) is 0 Å². The molecule has 4 rings (SSSR count). The molecule has 0 spiro atoms. The number of aromatic nitrogens is 2. The summed E-state index contributed by atoms with van der Waals surface area (Å²) in [4.78, 5) is 2.63. The van der Waals surface area contributed by atoms with Gasteiger partial charge in [0.25, 0.3) is 4.84 Å². The second-order valence-corrected chi connectivity index (χ2v) is 6.04. The van der Waals surface area contributed by atoms with Crippen LogP contribution in [0.2, 0.25) is 0 Å². The Kier molecular flexibility index (Phi) is 4.15. The summed E-state index contributed by atoms with van der Waals surface area (Å²) in [6.45, 7) is 2.83. The van der Waals surface area contributed by atoms with Gasteiger partial charge >= 0.3 is 0 Å². The lowest BCUT2D eigenvalue weighted by molar-refractivity contribution is 0.175. The van der Waals surface area contributed by atoms with Gasteiger partial charge in [0.2, 0.25) is 5.89 Å². The van der Waals surface area contributed by atoms with Crippen LogP contribution in [0.5, 0.6) is 5.75 Å². The fraction of sp³-hybridized carbons (Fsp3) is 0.222. The van der Waals surface area contributed by atoms with E-state index in [1.165, 1.54) is 5.56 Å². The van der Waals surface area contributed by atoms with Crippen molar-refractivity contribution in [1.29, 1.82) is 0 Å². The van der Waals surface area contributed by atoms with Crippen LogP contribution >= 0.6 is 12.2 Å². The Hall–Kier alpha value is -2.44. The van der Waals surface area contributed by atoms with Crippen molar-refractivity contribution in [2.24, 2.45) is 0 Å². The van der Waals surface area contributed by atoms with E-state index in [0.29, 0.717) is 24.0 Å². The number of hydrogen-bond acceptors (Lipinski definition) is 5. The maximum absolute atomic E-state index is 5.80. The SMILES string of the molecule is S=c1oc(-c2ccccc2)nn1CN1CCOc2ccccc2C1. The quantitative estimate of drug-likeness (QED) is 0.680. The summed E-state index contributed by atoms with van der Waals surface area (Å²) in [5, 5.41) is 4.52. The number of hydrogen-bond donors (Lipinski definition) is 0. The van der Waals surface area contributed by atoms with Crippen LogP contribution in [0.1, 0.15) is 5.56 Å². The van der Waals surface area contributed by atoms with Crippen molar-refractivity contribution in [2.45, 2.75) is 13.2 Å². The summed E-state index contributed by atoms with van der Waals surface area (Å²) in [7, 11) is 0. The molecule has 24 heavy (non-hydrogen) atoms. The molecule has 0 bridgehead atoms. The Balaban J connectivity index is 1.56. The maximum Gasteiger partial charge on any atom is 0.288 e. The third kappa shape index (κ3) is 3.11. The third-order valence-electron chi connectivity index (χ3n) is 3.99. The Labute approximate surface area is 145 Å². The first-order valence-electron chi connectivity index (χ1n) is 7.86. The van der Waals surface area contributed by atoms with E-state index in [-0.39, 0.29) is 0 Å². The van der Waals surface area contributed by atoms with Gasteiger partial charge in [0.05, 0.1) is 6.67 Å². The largest absolute Gasteiger partial charge is 0.492 e. The molecule has 0 saturated carbocycles. The molecule has 0 saturated heterocycles. The van der Waals surface area contributed by atoms with Crippen LogP contribution in [0.15, 0.2) is 59.0 Å². The molecule has 0 amide bonds. The second-order valence-electron chi connectivity index (χ2n) is 5.69. The number of benzene rings is 2. The number of nitrogens with zero attached hydrogens (tertiary/aromatic N) is 3. The van der Waals surface area contributed by atoms with E-state index in [1.807, 2.05) is 48.5 Å². The van der Waals surface area contributed by atoms with E-state index in [9.17, 15) is 0 Å². The molecule has 0 atom stereocenters. The molecule has 2 heterocycles. The highest BCUT2D eigenvalue weighted by molar-refractivity contribution is 7.71. The molecule has 2 aromatic carbocycles. The summed E-state index contributed by atoms with van der Waals surface area (Å²) in [5.41, 5.74) is 2.10. The lowest BCUT2D eigenvalue weighted by Gasteiger charge is -2.18. The summed E-state index contributed by atoms with van der Waals surface area (Å²) in [6.07, 6.45) is 0. The normalized spacial score (nSPS) is 14.7. The van der Waals surface area contributed by atoms with Crippen molar-refractivity contribution in [3.63, 3.8) is 0 Å². The van der Waals surface area contributed by atoms with Gasteiger partial charge in [0, 0.05) is 24.2 Å². The number of fused-ring (bicyclic) bond motifs is 1. The molecule has 0 fully saturated rings. The summed E-state index contributed by atoms with van der Waals surface area (Å²) >= 11 is 5.33. The average Bonchev–Trinajstić information content (AvgIpc) is 2.85. The maximum atomic E-state index is 5.80. The van der Waals surface area contributed by atoms with Crippen molar-refractivity contribution in [3.05, 3.63) is 65.0 Å². The molecule has 0 aliphatic carbocycles. The molecule has 1 aliphatic rings. The molecule has 0 radical (unpaired) electrons. The fourth-order valence-electron chi connectivity index (χ4n) is 2.78. The minimum Gasteiger partial charge on any atom is -0.492 e. The fourth-order valence-corrected chi connectivity index (χ4v) is 2.96. The smallest absolute Gasteiger partial charge is 0.288 e. The lowest BCUT2D eigenvalue weighted by atomic mass is 10.2. The van der Waals surface area contributed by atoms with Gasteiger partial charge in [-0.3, -0.25) is 4.90 Å². The van der Waals surface area contributed by atoms with E-state index in [4.69, 9.17) is 21.4 Å². The van der Waals surface area contributed by atoms with Crippen molar-refractivity contribution < 1.29 is 9.15 Å². The van der Waals surface area contributed by atoms with E-state index in [0.717, 1.165) is 24.4 Å². The van der Waals surface area contributed by atoms with E-state index >= 15 is 0 Å². The second kappa shape index (κ2) is 6.59. The first-order chi connectivity index (χ1) is 11.8. The number of para-hydroxylation sites is 1. The van der Waals surface area contributed by atoms with Crippen molar-refractivity contribution >= 4 is 12.2 Å². The summed E-state index contributed by atoms with van der Waals surface area (Å²) in [6, 6.07) is 17.9. The van der Waals surface area contributed by atoms with Gasteiger partial charge in [-0.15, -0.1) is 5.10 Å². The number of ether oxygens (including phenoxy) is 1. The van der Waals surface area contributed by atoms with Crippen LogP contribution in [0, 0.1) is 4.84 Å². The Morgan fingerprint density at radius 2 is 1.83 bits per heavy atom. The molecule has 122 valence electrons. The molecular formula is C18H17N3O2S. The van der Waals surface area contributed by atoms with Crippen molar-refractivity contribution in [1.82, 2.24) is 14.7 Å². The third-order valence-corrected chi connectivity index (χ3v) is 4.29. The molecule has 0 unspecified atom stereocenters. The highest BCUT2D eigenvalue weighted by atomic mass is 32.1. The van der Waals surface area contributed by atoms with Crippen molar-refractivity contribution in [2.75, 3.05) is 13.2 Å². The minimum atomic E-state index is 0.382. The first kappa shape index (κ1) is 15.1. The van der Waals surface area contributed by atoms with E-state index in [1.54, 1.807) is 4.68 Å².